The van der Waals surface area contributed by atoms with Crippen LogP contribution >= 0.6 is 0 Å². The van der Waals surface area contributed by atoms with Crippen molar-refractivity contribution in [2.24, 2.45) is 0 Å². The second kappa shape index (κ2) is 14.2. The van der Waals surface area contributed by atoms with Gasteiger partial charge >= 0.3 is 0 Å². The van der Waals surface area contributed by atoms with E-state index in [4.69, 9.17) is 0 Å². The molecule has 0 saturated carbocycles. The first-order valence-corrected chi connectivity index (χ1v) is 19.8. The molecular formula is C55H42N2. The third-order valence-electron chi connectivity index (χ3n) is 11.6. The van der Waals surface area contributed by atoms with Crippen molar-refractivity contribution in [3.05, 3.63) is 229 Å². The van der Waals surface area contributed by atoms with E-state index in [-0.39, 0.29) is 5.41 Å². The van der Waals surface area contributed by atoms with E-state index in [0.717, 1.165) is 34.0 Å². The fourth-order valence-electron chi connectivity index (χ4n) is 8.74. The van der Waals surface area contributed by atoms with Crippen molar-refractivity contribution in [2.75, 3.05) is 9.80 Å². The lowest BCUT2D eigenvalue weighted by Crippen LogP contribution is -2.16. The van der Waals surface area contributed by atoms with Gasteiger partial charge in [-0.15, -0.1) is 0 Å². The van der Waals surface area contributed by atoms with Crippen molar-refractivity contribution in [3.63, 3.8) is 0 Å². The maximum absolute atomic E-state index is 2.39. The minimum Gasteiger partial charge on any atom is -0.310 e. The van der Waals surface area contributed by atoms with E-state index in [1.54, 1.807) is 0 Å². The number of fused-ring (bicyclic) bond motifs is 6. The number of hydrogen-bond acceptors (Lipinski definition) is 2. The third-order valence-corrected chi connectivity index (χ3v) is 11.6. The number of nitrogens with zero attached hydrogens (tertiary/aromatic N) is 2. The quantitative estimate of drug-likeness (QED) is 0.113. The molecule has 57 heavy (non-hydrogen) atoms. The SMILES string of the molecule is CC1(C)c2cc(/C=C/c3ccc(N(c4ccccc4)c4cc5ccccc5c5ccccc45)cc3)ccc2-c2ccc(N(c3ccccc3)c3ccccc3)cc21. The van der Waals surface area contributed by atoms with Crippen LogP contribution < -0.4 is 9.80 Å². The van der Waals surface area contributed by atoms with Crippen LogP contribution in [-0.4, -0.2) is 0 Å². The standard InChI is InChI=1S/C55H42N2/c1-55(2)52-36-40(30-34-49(52)50-35-33-46(38-53(50)55)56(42-17-6-3-7-18-42)43-19-8-4-9-20-43)27-26-39-28-31-45(32-29-39)57(44-21-10-5-11-22-44)54-37-41-16-12-13-23-47(41)48-24-14-15-25-51(48)54/h3-38H,1-2H3/b27-26+. The van der Waals surface area contributed by atoms with E-state index in [1.807, 2.05) is 0 Å². The smallest absolute Gasteiger partial charge is 0.0546 e. The van der Waals surface area contributed by atoms with Crippen LogP contribution in [0, 0.1) is 0 Å². The summed E-state index contributed by atoms with van der Waals surface area (Å²) in [4.78, 5) is 4.73. The molecule has 2 nitrogen and oxygen atoms in total. The van der Waals surface area contributed by atoms with Crippen molar-refractivity contribution in [1.82, 2.24) is 0 Å². The van der Waals surface area contributed by atoms with E-state index in [0.29, 0.717) is 0 Å². The van der Waals surface area contributed by atoms with Crippen molar-refractivity contribution in [2.45, 2.75) is 19.3 Å². The third kappa shape index (κ3) is 6.16. The van der Waals surface area contributed by atoms with Crippen LogP contribution in [0.4, 0.5) is 34.1 Å². The number of anilines is 6. The summed E-state index contributed by atoms with van der Waals surface area (Å²) in [6, 6.07) is 74.6. The van der Waals surface area contributed by atoms with E-state index in [2.05, 4.69) is 242 Å². The molecule has 0 fully saturated rings. The Morgan fingerprint density at radius 2 is 0.807 bits per heavy atom. The van der Waals surface area contributed by atoms with Crippen LogP contribution in [0.15, 0.2) is 206 Å². The predicted molar refractivity (Wildman–Crippen MR) is 244 cm³/mol. The van der Waals surface area contributed by atoms with Gasteiger partial charge in [0, 0.05) is 39.2 Å². The minimum absolute atomic E-state index is 0.154. The molecule has 9 aromatic rings. The molecule has 0 aromatic heterocycles. The minimum atomic E-state index is -0.154. The number of hydrogen-bond donors (Lipinski definition) is 0. The van der Waals surface area contributed by atoms with Gasteiger partial charge in [0.25, 0.3) is 0 Å². The number of rotatable bonds is 8. The zero-order chi connectivity index (χ0) is 38.3. The van der Waals surface area contributed by atoms with E-state index < -0.39 is 0 Å². The van der Waals surface area contributed by atoms with Crippen LogP contribution in [0.1, 0.15) is 36.1 Å². The zero-order valence-corrected chi connectivity index (χ0v) is 32.2. The summed E-state index contributed by atoms with van der Waals surface area (Å²) in [6.07, 6.45) is 4.48. The topological polar surface area (TPSA) is 6.48 Å². The molecule has 0 saturated heterocycles. The Bertz CT molecular complexity index is 2870. The monoisotopic (exact) mass is 730 g/mol. The van der Waals surface area contributed by atoms with Crippen LogP contribution in [0.5, 0.6) is 0 Å². The fraction of sp³-hybridized carbons (Fsp3) is 0.0545. The Balaban J connectivity index is 0.961. The van der Waals surface area contributed by atoms with Gasteiger partial charge in [0.15, 0.2) is 0 Å². The first-order chi connectivity index (χ1) is 28.0. The van der Waals surface area contributed by atoms with Gasteiger partial charge in [-0.3, -0.25) is 0 Å². The molecule has 0 heterocycles. The Kier molecular flexibility index (Phi) is 8.53. The molecule has 0 unspecified atom stereocenters. The first-order valence-electron chi connectivity index (χ1n) is 19.8. The van der Waals surface area contributed by atoms with Crippen LogP contribution in [0.25, 0.3) is 44.8 Å². The first kappa shape index (κ1) is 34.3. The Morgan fingerprint density at radius 3 is 1.46 bits per heavy atom. The molecule has 1 aliphatic rings. The lowest BCUT2D eigenvalue weighted by atomic mass is 9.81. The van der Waals surface area contributed by atoms with Gasteiger partial charge in [-0.05, 0) is 116 Å². The van der Waals surface area contributed by atoms with Gasteiger partial charge < -0.3 is 9.80 Å². The number of benzene rings is 9. The highest BCUT2D eigenvalue weighted by molar-refractivity contribution is 6.14. The molecule has 0 spiro atoms. The summed E-state index contributed by atoms with van der Waals surface area (Å²) in [5.41, 5.74) is 14.4. The van der Waals surface area contributed by atoms with Crippen molar-refractivity contribution in [3.8, 4) is 11.1 Å². The molecular weight excluding hydrogens is 689 g/mol. The molecule has 0 N–H and O–H groups in total. The fourth-order valence-corrected chi connectivity index (χ4v) is 8.74. The summed E-state index contributed by atoms with van der Waals surface area (Å²) in [5, 5.41) is 4.99. The average Bonchev–Trinajstić information content (AvgIpc) is 3.49. The molecule has 0 bridgehead atoms. The lowest BCUT2D eigenvalue weighted by Gasteiger charge is -2.28. The summed E-state index contributed by atoms with van der Waals surface area (Å²) < 4.78 is 0. The summed E-state index contributed by atoms with van der Waals surface area (Å²) in [6.45, 7) is 4.72. The molecule has 0 aliphatic heterocycles. The Hall–Kier alpha value is -7.16. The molecule has 2 heteroatoms. The molecule has 272 valence electrons. The highest BCUT2D eigenvalue weighted by Gasteiger charge is 2.36. The molecule has 0 radical (unpaired) electrons. The predicted octanol–water partition coefficient (Wildman–Crippen LogP) is 15.4. The molecule has 1 aliphatic carbocycles. The highest BCUT2D eigenvalue weighted by Crippen LogP contribution is 2.51. The van der Waals surface area contributed by atoms with Gasteiger partial charge in [-0.25, -0.2) is 0 Å². The summed E-state index contributed by atoms with van der Waals surface area (Å²) >= 11 is 0. The summed E-state index contributed by atoms with van der Waals surface area (Å²) in [5.74, 6) is 0. The largest absolute Gasteiger partial charge is 0.310 e. The molecule has 0 atom stereocenters. The van der Waals surface area contributed by atoms with Gasteiger partial charge in [0.2, 0.25) is 0 Å². The Morgan fingerprint density at radius 1 is 0.351 bits per heavy atom. The zero-order valence-electron chi connectivity index (χ0n) is 32.2. The molecule has 0 amide bonds. The Labute approximate surface area is 335 Å². The van der Waals surface area contributed by atoms with Gasteiger partial charge in [0.1, 0.15) is 0 Å². The van der Waals surface area contributed by atoms with Crippen molar-refractivity contribution >= 4 is 67.8 Å². The number of para-hydroxylation sites is 3. The van der Waals surface area contributed by atoms with E-state index in [1.165, 1.54) is 55.0 Å². The highest BCUT2D eigenvalue weighted by atomic mass is 15.1. The van der Waals surface area contributed by atoms with Crippen LogP contribution in [0.2, 0.25) is 0 Å². The second-order valence-corrected chi connectivity index (χ2v) is 15.4. The maximum atomic E-state index is 2.39. The second-order valence-electron chi connectivity index (χ2n) is 15.4. The van der Waals surface area contributed by atoms with Crippen LogP contribution in [0.3, 0.4) is 0 Å². The van der Waals surface area contributed by atoms with Gasteiger partial charge in [0.05, 0.1) is 5.69 Å². The lowest BCUT2D eigenvalue weighted by molar-refractivity contribution is 0.660. The van der Waals surface area contributed by atoms with E-state index in [9.17, 15) is 0 Å². The van der Waals surface area contributed by atoms with Gasteiger partial charge in [-0.1, -0.05) is 166 Å². The maximum Gasteiger partial charge on any atom is 0.0546 e. The molecule has 9 aromatic carbocycles. The van der Waals surface area contributed by atoms with E-state index >= 15 is 0 Å². The molecule has 10 rings (SSSR count). The normalized spacial score (nSPS) is 12.8. The van der Waals surface area contributed by atoms with Gasteiger partial charge in [-0.2, -0.15) is 0 Å². The average molecular weight is 731 g/mol. The van der Waals surface area contributed by atoms with Crippen molar-refractivity contribution < 1.29 is 0 Å². The van der Waals surface area contributed by atoms with Crippen LogP contribution in [-0.2, 0) is 5.41 Å². The summed E-state index contributed by atoms with van der Waals surface area (Å²) in [7, 11) is 0. The van der Waals surface area contributed by atoms with Crippen molar-refractivity contribution in [1.29, 1.82) is 0 Å².